The summed E-state index contributed by atoms with van der Waals surface area (Å²) in [5.74, 6) is 1.68. The zero-order chi connectivity index (χ0) is 12.3. The van der Waals surface area contributed by atoms with Crippen molar-refractivity contribution in [1.82, 2.24) is 15.3 Å². The van der Waals surface area contributed by atoms with Crippen LogP contribution in [0.15, 0.2) is 24.3 Å². The molecule has 0 saturated heterocycles. The van der Waals surface area contributed by atoms with Gasteiger partial charge in [0.2, 0.25) is 0 Å². The summed E-state index contributed by atoms with van der Waals surface area (Å²) in [5, 5.41) is 3.10. The fourth-order valence-corrected chi connectivity index (χ4v) is 1.80. The molecular weight excluding hydrogens is 214 g/mol. The van der Waals surface area contributed by atoms with Crippen LogP contribution in [0, 0.1) is 6.92 Å². The summed E-state index contributed by atoms with van der Waals surface area (Å²) in [6.07, 6.45) is 0. The van der Waals surface area contributed by atoms with Crippen molar-refractivity contribution in [3.8, 4) is 17.1 Å². The van der Waals surface area contributed by atoms with Gasteiger partial charge >= 0.3 is 0 Å². The minimum absolute atomic E-state index is 0.761. The molecule has 0 radical (unpaired) electrons. The second kappa shape index (κ2) is 5.01. The predicted molar refractivity (Wildman–Crippen MR) is 68.1 cm³/mol. The van der Waals surface area contributed by atoms with E-state index in [1.54, 1.807) is 7.11 Å². The Morgan fingerprint density at radius 1 is 1.35 bits per heavy atom. The second-order valence-electron chi connectivity index (χ2n) is 3.89. The molecule has 90 valence electrons. The summed E-state index contributed by atoms with van der Waals surface area (Å²) in [7, 11) is 3.58. The van der Waals surface area contributed by atoms with E-state index in [2.05, 4.69) is 15.3 Å². The molecule has 1 aromatic carbocycles. The summed E-state index contributed by atoms with van der Waals surface area (Å²) < 4.78 is 5.33. The zero-order valence-electron chi connectivity index (χ0n) is 10.4. The third-order valence-electron chi connectivity index (χ3n) is 2.69. The Labute approximate surface area is 101 Å². The predicted octanol–water partition coefficient (Wildman–Crippen LogP) is 2.11. The van der Waals surface area contributed by atoms with Gasteiger partial charge in [-0.15, -0.1) is 0 Å². The highest BCUT2D eigenvalue weighted by molar-refractivity contribution is 5.64. The van der Waals surface area contributed by atoms with Gasteiger partial charge in [-0.05, 0) is 26.1 Å². The van der Waals surface area contributed by atoms with Gasteiger partial charge in [0.25, 0.3) is 0 Å². The van der Waals surface area contributed by atoms with Crippen LogP contribution in [-0.2, 0) is 6.54 Å². The Bertz CT molecular complexity index is 505. The van der Waals surface area contributed by atoms with Crippen molar-refractivity contribution in [3.63, 3.8) is 0 Å². The fourth-order valence-electron chi connectivity index (χ4n) is 1.80. The molecule has 0 aliphatic rings. The van der Waals surface area contributed by atoms with Crippen LogP contribution in [-0.4, -0.2) is 24.1 Å². The van der Waals surface area contributed by atoms with Crippen LogP contribution in [0.5, 0.6) is 5.75 Å². The molecule has 17 heavy (non-hydrogen) atoms. The lowest BCUT2D eigenvalue weighted by atomic mass is 10.2. The summed E-state index contributed by atoms with van der Waals surface area (Å²) in [6.45, 7) is 2.79. The molecule has 0 bridgehead atoms. The largest absolute Gasteiger partial charge is 0.496 e. The molecule has 0 unspecified atom stereocenters. The molecule has 2 aromatic rings. The van der Waals surface area contributed by atoms with Crippen LogP contribution < -0.4 is 10.1 Å². The van der Waals surface area contributed by atoms with E-state index >= 15 is 0 Å². The average Bonchev–Trinajstić information content (AvgIpc) is 2.71. The third kappa shape index (κ3) is 2.31. The summed E-state index contributed by atoms with van der Waals surface area (Å²) in [5.41, 5.74) is 3.11. The van der Waals surface area contributed by atoms with Gasteiger partial charge in [-0.3, -0.25) is 0 Å². The molecule has 2 N–H and O–H groups in total. The fraction of sp³-hybridized carbons (Fsp3) is 0.308. The van der Waals surface area contributed by atoms with Crippen molar-refractivity contribution in [2.24, 2.45) is 0 Å². The Morgan fingerprint density at radius 2 is 2.12 bits per heavy atom. The zero-order valence-corrected chi connectivity index (χ0v) is 10.4. The van der Waals surface area contributed by atoms with Gasteiger partial charge < -0.3 is 15.0 Å². The van der Waals surface area contributed by atoms with Crippen LogP contribution in [0.1, 0.15) is 11.4 Å². The topological polar surface area (TPSA) is 49.9 Å². The van der Waals surface area contributed by atoms with Crippen LogP contribution in [0.2, 0.25) is 0 Å². The maximum absolute atomic E-state index is 5.33. The van der Waals surface area contributed by atoms with Gasteiger partial charge in [0.15, 0.2) is 0 Å². The number of para-hydroxylation sites is 1. The first-order valence-corrected chi connectivity index (χ1v) is 5.59. The number of ether oxygens (including phenoxy) is 1. The normalized spacial score (nSPS) is 10.5. The number of hydrogen-bond donors (Lipinski definition) is 2. The first-order valence-electron chi connectivity index (χ1n) is 5.59. The van der Waals surface area contributed by atoms with E-state index in [1.807, 2.05) is 38.2 Å². The minimum atomic E-state index is 0.761. The molecule has 2 rings (SSSR count). The van der Waals surface area contributed by atoms with Crippen molar-refractivity contribution in [2.75, 3.05) is 14.2 Å². The van der Waals surface area contributed by atoms with Crippen LogP contribution in [0.3, 0.4) is 0 Å². The number of aromatic amines is 1. The smallest absolute Gasteiger partial charge is 0.141 e. The Morgan fingerprint density at radius 3 is 2.82 bits per heavy atom. The number of hydrogen-bond acceptors (Lipinski definition) is 3. The van der Waals surface area contributed by atoms with E-state index in [0.717, 1.165) is 35.1 Å². The Hall–Kier alpha value is -1.81. The van der Waals surface area contributed by atoms with E-state index in [-0.39, 0.29) is 0 Å². The molecule has 4 heteroatoms. The van der Waals surface area contributed by atoms with Gasteiger partial charge in [-0.25, -0.2) is 4.98 Å². The Balaban J connectivity index is 2.42. The number of aromatic nitrogens is 2. The molecule has 1 aromatic heterocycles. The van der Waals surface area contributed by atoms with E-state index in [4.69, 9.17) is 4.74 Å². The number of H-pyrrole nitrogens is 1. The lowest BCUT2D eigenvalue weighted by Gasteiger charge is -2.04. The molecule has 0 amide bonds. The van der Waals surface area contributed by atoms with Crippen molar-refractivity contribution in [3.05, 3.63) is 35.7 Å². The highest BCUT2D eigenvalue weighted by atomic mass is 16.5. The monoisotopic (exact) mass is 231 g/mol. The van der Waals surface area contributed by atoms with Crippen molar-refractivity contribution < 1.29 is 4.74 Å². The number of nitrogens with one attached hydrogen (secondary N) is 2. The summed E-state index contributed by atoms with van der Waals surface area (Å²) in [4.78, 5) is 7.87. The van der Waals surface area contributed by atoms with E-state index in [0.29, 0.717) is 0 Å². The number of benzene rings is 1. The Kier molecular flexibility index (Phi) is 3.44. The van der Waals surface area contributed by atoms with Gasteiger partial charge in [-0.1, -0.05) is 12.1 Å². The third-order valence-corrected chi connectivity index (χ3v) is 2.69. The molecule has 1 heterocycles. The highest BCUT2D eigenvalue weighted by Crippen LogP contribution is 2.27. The first kappa shape index (κ1) is 11.7. The van der Waals surface area contributed by atoms with E-state index in [9.17, 15) is 0 Å². The average molecular weight is 231 g/mol. The quantitative estimate of drug-likeness (QED) is 0.847. The van der Waals surface area contributed by atoms with Crippen molar-refractivity contribution in [2.45, 2.75) is 13.5 Å². The SMILES string of the molecule is CNCc1nc(-c2ccccc2OC)[nH]c1C. The lowest BCUT2D eigenvalue weighted by Crippen LogP contribution is -2.06. The molecule has 0 fully saturated rings. The number of rotatable bonds is 4. The number of methoxy groups -OCH3 is 1. The number of imidazole rings is 1. The molecule has 0 spiro atoms. The van der Waals surface area contributed by atoms with Crippen LogP contribution in [0.25, 0.3) is 11.4 Å². The molecule has 0 saturated carbocycles. The molecular formula is C13H17N3O. The van der Waals surface area contributed by atoms with Crippen LogP contribution >= 0.6 is 0 Å². The van der Waals surface area contributed by atoms with Gasteiger partial charge in [-0.2, -0.15) is 0 Å². The van der Waals surface area contributed by atoms with Crippen molar-refractivity contribution in [1.29, 1.82) is 0 Å². The van der Waals surface area contributed by atoms with Crippen molar-refractivity contribution >= 4 is 0 Å². The number of aryl methyl sites for hydroxylation is 1. The molecule has 4 nitrogen and oxygen atoms in total. The lowest BCUT2D eigenvalue weighted by molar-refractivity contribution is 0.416. The summed E-state index contributed by atoms with van der Waals surface area (Å²) >= 11 is 0. The second-order valence-corrected chi connectivity index (χ2v) is 3.89. The standard InChI is InChI=1S/C13H17N3O/c1-9-11(8-14-2)16-13(15-9)10-6-4-5-7-12(10)17-3/h4-7,14H,8H2,1-3H3,(H,15,16). The number of nitrogens with zero attached hydrogens (tertiary/aromatic N) is 1. The molecule has 0 aliphatic carbocycles. The van der Waals surface area contributed by atoms with Crippen LogP contribution in [0.4, 0.5) is 0 Å². The maximum atomic E-state index is 5.33. The van der Waals surface area contributed by atoms with Gasteiger partial charge in [0.1, 0.15) is 11.6 Å². The van der Waals surface area contributed by atoms with Gasteiger partial charge in [0, 0.05) is 12.2 Å². The molecule has 0 atom stereocenters. The maximum Gasteiger partial charge on any atom is 0.141 e. The summed E-state index contributed by atoms with van der Waals surface area (Å²) in [6, 6.07) is 7.87. The molecule has 0 aliphatic heterocycles. The van der Waals surface area contributed by atoms with E-state index < -0.39 is 0 Å². The first-order chi connectivity index (χ1) is 8.26. The van der Waals surface area contributed by atoms with E-state index in [1.165, 1.54) is 0 Å². The minimum Gasteiger partial charge on any atom is -0.496 e. The van der Waals surface area contributed by atoms with Gasteiger partial charge in [0.05, 0.1) is 18.4 Å². The highest BCUT2D eigenvalue weighted by Gasteiger charge is 2.11.